The lowest BCUT2D eigenvalue weighted by atomic mass is 10.0. The lowest BCUT2D eigenvalue weighted by Crippen LogP contribution is -2.49. The zero-order chi connectivity index (χ0) is 19.9. The number of fused-ring (bicyclic) bond motifs is 2. The highest BCUT2D eigenvalue weighted by molar-refractivity contribution is 7.89. The molecule has 150 valence electrons. The summed E-state index contributed by atoms with van der Waals surface area (Å²) in [7, 11) is -4.01. The monoisotopic (exact) mass is 412 g/mol. The smallest absolute Gasteiger partial charge is 0.416 e. The van der Waals surface area contributed by atoms with Gasteiger partial charge < -0.3 is 4.74 Å². The third kappa shape index (κ3) is 3.60. The first-order valence-electron chi connectivity index (χ1n) is 9.02. The topological polar surface area (TPSA) is 59.5 Å². The highest BCUT2D eigenvalue weighted by Gasteiger charge is 2.48. The number of ether oxygens (including phenoxy) is 1. The summed E-state index contributed by atoms with van der Waals surface area (Å²) in [4.78, 5) is 3.69. The summed E-state index contributed by atoms with van der Waals surface area (Å²) in [5, 5.41) is 0. The number of sulfonamides is 1. The molecule has 0 amide bonds. The van der Waals surface area contributed by atoms with Gasteiger partial charge in [0.25, 0.3) is 0 Å². The summed E-state index contributed by atoms with van der Waals surface area (Å²) in [5.74, 6) is 0.626. The predicted octanol–water partition coefficient (Wildman–Crippen LogP) is 3.86. The van der Waals surface area contributed by atoms with Gasteiger partial charge in [0, 0.05) is 31.1 Å². The average molecular weight is 412 g/mol. The molecule has 0 radical (unpaired) electrons. The van der Waals surface area contributed by atoms with Crippen molar-refractivity contribution in [3.8, 4) is 5.75 Å². The summed E-state index contributed by atoms with van der Waals surface area (Å²) in [6, 6.07) is 6.95. The first-order chi connectivity index (χ1) is 13.2. The van der Waals surface area contributed by atoms with Crippen molar-refractivity contribution < 1.29 is 26.3 Å². The molecule has 1 aromatic carbocycles. The first-order valence-corrected chi connectivity index (χ1v) is 10.5. The molecule has 0 aliphatic carbocycles. The number of hydrogen-bond donors (Lipinski definition) is 0. The van der Waals surface area contributed by atoms with E-state index >= 15 is 0 Å². The van der Waals surface area contributed by atoms with Crippen LogP contribution in [0.4, 0.5) is 13.2 Å². The van der Waals surface area contributed by atoms with Crippen molar-refractivity contribution in [1.82, 2.24) is 9.29 Å². The van der Waals surface area contributed by atoms with E-state index in [9.17, 15) is 21.6 Å². The number of hydrogen-bond acceptors (Lipinski definition) is 4. The van der Waals surface area contributed by atoms with Crippen LogP contribution in [0.5, 0.6) is 5.75 Å². The fourth-order valence-corrected chi connectivity index (χ4v) is 6.07. The van der Waals surface area contributed by atoms with Crippen LogP contribution >= 0.6 is 0 Å². The Morgan fingerprint density at radius 2 is 1.79 bits per heavy atom. The molecule has 0 spiro atoms. The van der Waals surface area contributed by atoms with Crippen molar-refractivity contribution in [3.05, 3.63) is 54.4 Å². The molecule has 2 atom stereocenters. The molecule has 4 rings (SSSR count). The van der Waals surface area contributed by atoms with Crippen LogP contribution in [0.2, 0.25) is 0 Å². The Hall–Kier alpha value is -2.13. The fourth-order valence-electron chi connectivity index (χ4n) is 4.14. The van der Waals surface area contributed by atoms with Crippen LogP contribution in [-0.2, 0) is 16.2 Å². The second-order valence-electron chi connectivity index (χ2n) is 7.15. The molecular weight excluding hydrogens is 393 g/mol. The average Bonchev–Trinajstić information content (AvgIpc) is 2.94. The van der Waals surface area contributed by atoms with E-state index in [0.29, 0.717) is 37.5 Å². The molecule has 1 aromatic heterocycles. The van der Waals surface area contributed by atoms with Crippen LogP contribution in [0.1, 0.15) is 31.2 Å². The standard InChI is InChI=1S/C19H19F3N2O3S/c20-19(21,22)13-3-1-5-18(9-13)28(25,26)24-14-6-7-15(24)11-17(10-14)27-16-4-2-8-23-12-16/h1-5,8-9,12,14-15,17H,6-7,10-11H2. The van der Waals surface area contributed by atoms with Gasteiger partial charge in [0.1, 0.15) is 11.9 Å². The number of pyridine rings is 1. The van der Waals surface area contributed by atoms with Crippen molar-refractivity contribution in [2.75, 3.05) is 0 Å². The van der Waals surface area contributed by atoms with E-state index in [4.69, 9.17) is 4.74 Å². The Morgan fingerprint density at radius 1 is 1.07 bits per heavy atom. The van der Waals surface area contributed by atoms with Gasteiger partial charge in [0.15, 0.2) is 0 Å². The summed E-state index contributed by atoms with van der Waals surface area (Å²) in [5.41, 5.74) is -0.962. The van der Waals surface area contributed by atoms with Crippen LogP contribution in [0.15, 0.2) is 53.7 Å². The largest absolute Gasteiger partial charge is 0.489 e. The number of piperidine rings is 1. The van der Waals surface area contributed by atoms with Gasteiger partial charge in [-0.25, -0.2) is 8.42 Å². The van der Waals surface area contributed by atoms with E-state index in [2.05, 4.69) is 4.98 Å². The van der Waals surface area contributed by atoms with E-state index in [1.54, 1.807) is 24.5 Å². The summed E-state index contributed by atoms with van der Waals surface area (Å²) < 4.78 is 72.5. The quantitative estimate of drug-likeness (QED) is 0.765. The van der Waals surface area contributed by atoms with Gasteiger partial charge in [0.2, 0.25) is 10.0 Å². The van der Waals surface area contributed by atoms with Crippen LogP contribution in [0, 0.1) is 0 Å². The predicted molar refractivity (Wildman–Crippen MR) is 95.2 cm³/mol. The number of aromatic nitrogens is 1. The molecule has 2 aliphatic rings. The second kappa shape index (κ2) is 7.04. The number of halogens is 3. The van der Waals surface area contributed by atoms with Crippen molar-refractivity contribution in [1.29, 1.82) is 0 Å². The van der Waals surface area contributed by atoms with Gasteiger partial charge >= 0.3 is 6.18 Å². The lowest BCUT2D eigenvalue weighted by molar-refractivity contribution is -0.137. The minimum Gasteiger partial charge on any atom is -0.489 e. The third-order valence-electron chi connectivity index (χ3n) is 5.30. The van der Waals surface area contributed by atoms with Crippen LogP contribution < -0.4 is 4.74 Å². The van der Waals surface area contributed by atoms with Gasteiger partial charge in [-0.3, -0.25) is 4.98 Å². The molecule has 0 saturated carbocycles. The SMILES string of the molecule is O=S(=O)(c1cccc(C(F)(F)F)c1)N1C2CCC1CC(Oc1cccnc1)C2. The van der Waals surface area contributed by atoms with Crippen molar-refractivity contribution in [2.45, 2.75) is 54.9 Å². The minimum absolute atomic E-state index is 0.144. The van der Waals surface area contributed by atoms with E-state index in [1.807, 2.05) is 0 Å². The number of benzene rings is 1. The highest BCUT2D eigenvalue weighted by atomic mass is 32.2. The van der Waals surface area contributed by atoms with Gasteiger partial charge in [-0.15, -0.1) is 0 Å². The Bertz CT molecular complexity index is 936. The van der Waals surface area contributed by atoms with E-state index in [0.717, 1.165) is 12.1 Å². The van der Waals surface area contributed by atoms with Gasteiger partial charge in [0.05, 0.1) is 16.7 Å². The highest BCUT2D eigenvalue weighted by Crippen LogP contribution is 2.41. The number of alkyl halides is 3. The fraction of sp³-hybridized carbons (Fsp3) is 0.421. The van der Waals surface area contributed by atoms with E-state index in [1.165, 1.54) is 10.4 Å². The van der Waals surface area contributed by atoms with Crippen molar-refractivity contribution in [3.63, 3.8) is 0 Å². The first kappa shape index (κ1) is 19.2. The van der Waals surface area contributed by atoms with Crippen LogP contribution in [0.3, 0.4) is 0 Å². The summed E-state index contributed by atoms with van der Waals surface area (Å²) >= 11 is 0. The van der Waals surface area contributed by atoms with Gasteiger partial charge in [-0.1, -0.05) is 6.07 Å². The summed E-state index contributed by atoms with van der Waals surface area (Å²) in [6.45, 7) is 0. The maximum atomic E-state index is 13.1. The molecule has 2 aromatic rings. The number of nitrogens with zero attached hydrogens (tertiary/aromatic N) is 2. The molecule has 2 aliphatic heterocycles. The van der Waals surface area contributed by atoms with E-state index < -0.39 is 21.8 Å². The zero-order valence-electron chi connectivity index (χ0n) is 14.8. The molecule has 5 nitrogen and oxygen atoms in total. The molecule has 2 bridgehead atoms. The van der Waals surface area contributed by atoms with Crippen LogP contribution in [0.25, 0.3) is 0 Å². The maximum absolute atomic E-state index is 13.1. The third-order valence-corrected chi connectivity index (χ3v) is 7.30. The normalized spacial score (nSPS) is 25.6. The Balaban J connectivity index is 1.56. The van der Waals surface area contributed by atoms with Gasteiger partial charge in [-0.2, -0.15) is 17.5 Å². The summed E-state index contributed by atoms with van der Waals surface area (Å²) in [6.07, 6.45) is 0.872. The zero-order valence-corrected chi connectivity index (χ0v) is 15.7. The molecule has 9 heteroatoms. The van der Waals surface area contributed by atoms with Crippen molar-refractivity contribution >= 4 is 10.0 Å². The Labute approximate surface area is 161 Å². The lowest BCUT2D eigenvalue weighted by Gasteiger charge is -2.37. The molecule has 2 unspecified atom stereocenters. The molecular formula is C19H19F3N2O3S. The minimum atomic E-state index is -4.59. The molecule has 28 heavy (non-hydrogen) atoms. The molecule has 2 fully saturated rings. The maximum Gasteiger partial charge on any atom is 0.416 e. The second-order valence-corrected chi connectivity index (χ2v) is 8.99. The number of rotatable bonds is 4. The molecule has 0 N–H and O–H groups in total. The van der Waals surface area contributed by atoms with Crippen LogP contribution in [-0.4, -0.2) is 35.9 Å². The van der Waals surface area contributed by atoms with E-state index in [-0.39, 0.29) is 23.1 Å². The Kier molecular flexibility index (Phi) is 4.83. The molecule has 3 heterocycles. The van der Waals surface area contributed by atoms with Gasteiger partial charge in [-0.05, 0) is 43.2 Å². The Morgan fingerprint density at radius 3 is 2.39 bits per heavy atom. The molecule has 2 saturated heterocycles. The van der Waals surface area contributed by atoms with Crippen molar-refractivity contribution in [2.24, 2.45) is 0 Å².